The maximum Gasteiger partial charge on any atom is 0.248 e. The lowest BCUT2D eigenvalue weighted by Gasteiger charge is -2.14. The van der Waals surface area contributed by atoms with Gasteiger partial charge in [-0.25, -0.2) is 13.1 Å². The molecular weight excluding hydrogens is 332 g/mol. The van der Waals surface area contributed by atoms with Gasteiger partial charge in [0.15, 0.2) is 0 Å². The topological polar surface area (TPSA) is 119 Å². The van der Waals surface area contributed by atoms with Gasteiger partial charge in [-0.15, -0.1) is 0 Å². The molecule has 7 nitrogen and oxygen atoms in total. The number of halogens is 1. The van der Waals surface area contributed by atoms with Gasteiger partial charge in [0, 0.05) is 17.1 Å². The van der Waals surface area contributed by atoms with Crippen molar-refractivity contribution >= 4 is 27.5 Å². The molecule has 0 unspecified atom stereocenters. The Morgan fingerprint density at radius 3 is 2.64 bits per heavy atom. The molecule has 9 heteroatoms. The van der Waals surface area contributed by atoms with E-state index in [1.807, 2.05) is 0 Å². The zero-order valence-corrected chi connectivity index (χ0v) is 13.2. The van der Waals surface area contributed by atoms with Crippen molar-refractivity contribution in [2.24, 2.45) is 5.73 Å². The second-order valence-corrected chi connectivity index (χ2v) is 7.24. The molecule has 0 radical (unpaired) electrons. The van der Waals surface area contributed by atoms with Crippen LogP contribution < -0.4 is 10.5 Å². The van der Waals surface area contributed by atoms with Crippen LogP contribution in [0.5, 0.6) is 0 Å². The number of rotatable bonds is 6. The summed E-state index contributed by atoms with van der Waals surface area (Å²) in [7, 11) is -3.84. The molecule has 0 saturated carbocycles. The van der Waals surface area contributed by atoms with Gasteiger partial charge in [0.1, 0.15) is 0 Å². The van der Waals surface area contributed by atoms with Gasteiger partial charge in [-0.1, -0.05) is 11.6 Å². The van der Waals surface area contributed by atoms with E-state index < -0.39 is 15.9 Å². The van der Waals surface area contributed by atoms with Crippen LogP contribution in [0.3, 0.4) is 0 Å². The fourth-order valence-electron chi connectivity index (χ4n) is 2.21. The summed E-state index contributed by atoms with van der Waals surface area (Å²) in [6.07, 6.45) is 0.811. The summed E-state index contributed by atoms with van der Waals surface area (Å²) in [5, 5.41) is 9.09. The van der Waals surface area contributed by atoms with Crippen LogP contribution in [0.2, 0.25) is 5.02 Å². The van der Waals surface area contributed by atoms with Crippen molar-refractivity contribution in [2.45, 2.75) is 29.9 Å². The average Bonchev–Trinajstić information content (AvgIpc) is 2.92. The first kappa shape index (κ1) is 17.2. The van der Waals surface area contributed by atoms with Crippen LogP contribution in [0.1, 0.15) is 23.2 Å². The number of amides is 1. The Labute approximate surface area is 133 Å². The molecule has 1 amide bonds. The maximum atomic E-state index is 12.2. The Bertz CT molecular complexity index is 664. The first-order chi connectivity index (χ1) is 10.3. The fraction of sp³-hybridized carbons (Fsp3) is 0.462. The molecular formula is C13H17ClN2O5S. The summed E-state index contributed by atoms with van der Waals surface area (Å²) < 4.78 is 32.3. The zero-order chi connectivity index (χ0) is 16.3. The number of sulfonamides is 1. The van der Waals surface area contributed by atoms with Gasteiger partial charge in [-0.3, -0.25) is 4.79 Å². The molecule has 2 atom stereocenters. The predicted octanol–water partition coefficient (Wildman–Crippen LogP) is 0.257. The standard InChI is InChI=1S/C13H17ClN2O5S/c14-9-3-8(13(15)18)4-12(5-9)22(19,20)16-6-10-1-2-11(7-17)21-10/h3-5,10-11,16-17H,1-2,6-7H2,(H2,15,18)/t10-,11+/m1/s1. The zero-order valence-electron chi connectivity index (χ0n) is 11.7. The van der Waals surface area contributed by atoms with Crippen molar-refractivity contribution in [3.63, 3.8) is 0 Å². The number of aliphatic hydroxyl groups excluding tert-OH is 1. The summed E-state index contributed by atoms with van der Waals surface area (Å²) in [5.74, 6) is -0.760. The maximum absolute atomic E-state index is 12.2. The lowest BCUT2D eigenvalue weighted by molar-refractivity contribution is 0.0144. The van der Waals surface area contributed by atoms with Gasteiger partial charge < -0.3 is 15.6 Å². The quantitative estimate of drug-likeness (QED) is 0.681. The monoisotopic (exact) mass is 348 g/mol. The van der Waals surface area contributed by atoms with Crippen molar-refractivity contribution in [1.82, 2.24) is 4.72 Å². The second-order valence-electron chi connectivity index (χ2n) is 5.03. The molecule has 1 saturated heterocycles. The molecule has 1 fully saturated rings. The van der Waals surface area contributed by atoms with Gasteiger partial charge >= 0.3 is 0 Å². The van der Waals surface area contributed by atoms with E-state index >= 15 is 0 Å². The summed E-state index contributed by atoms with van der Waals surface area (Å²) in [6.45, 7) is -0.00321. The molecule has 0 bridgehead atoms. The lowest BCUT2D eigenvalue weighted by atomic mass is 10.2. The molecule has 1 aromatic rings. The number of ether oxygens (including phenoxy) is 1. The summed E-state index contributed by atoms with van der Waals surface area (Å²) in [4.78, 5) is 11.0. The first-order valence-corrected chi connectivity index (χ1v) is 8.54. The van der Waals surface area contributed by atoms with Gasteiger partial charge in [-0.2, -0.15) is 0 Å². The third-order valence-corrected chi connectivity index (χ3v) is 4.99. The van der Waals surface area contributed by atoms with E-state index in [1.54, 1.807) is 0 Å². The highest BCUT2D eigenvalue weighted by molar-refractivity contribution is 7.89. The first-order valence-electron chi connectivity index (χ1n) is 6.68. The number of benzene rings is 1. The number of nitrogens with two attached hydrogens (primary N) is 1. The molecule has 122 valence electrons. The minimum atomic E-state index is -3.84. The number of primary amides is 1. The van der Waals surface area contributed by atoms with Crippen molar-refractivity contribution in [2.75, 3.05) is 13.2 Å². The van der Waals surface area contributed by atoms with Gasteiger partial charge in [0.05, 0.1) is 23.7 Å². The van der Waals surface area contributed by atoms with E-state index in [-0.39, 0.29) is 40.8 Å². The third kappa shape index (κ3) is 4.17. The van der Waals surface area contributed by atoms with Crippen molar-refractivity contribution < 1.29 is 23.1 Å². The molecule has 0 spiro atoms. The van der Waals surface area contributed by atoms with Gasteiger partial charge in [-0.05, 0) is 31.0 Å². The Kier molecular flexibility index (Phi) is 5.41. The summed E-state index contributed by atoms with van der Waals surface area (Å²) in [5.41, 5.74) is 5.16. The Morgan fingerprint density at radius 1 is 1.36 bits per heavy atom. The minimum Gasteiger partial charge on any atom is -0.394 e. The van der Waals surface area contributed by atoms with E-state index in [0.717, 1.165) is 0 Å². The van der Waals surface area contributed by atoms with E-state index in [4.69, 9.17) is 27.2 Å². The fourth-order valence-corrected chi connectivity index (χ4v) is 3.65. The smallest absolute Gasteiger partial charge is 0.248 e. The van der Waals surface area contributed by atoms with Gasteiger partial charge in [0.25, 0.3) is 0 Å². The molecule has 22 heavy (non-hydrogen) atoms. The van der Waals surface area contributed by atoms with Crippen LogP contribution in [0, 0.1) is 0 Å². The average molecular weight is 349 g/mol. The van der Waals surface area contributed by atoms with Gasteiger partial charge in [0.2, 0.25) is 15.9 Å². The SMILES string of the molecule is NC(=O)c1cc(Cl)cc(S(=O)(=O)NC[C@H]2CC[C@@H](CO)O2)c1. The van der Waals surface area contributed by atoms with E-state index in [2.05, 4.69) is 4.72 Å². The number of aliphatic hydroxyl groups is 1. The van der Waals surface area contributed by atoms with Crippen LogP contribution in [0.4, 0.5) is 0 Å². The van der Waals surface area contributed by atoms with Crippen LogP contribution in [0.15, 0.2) is 23.1 Å². The summed E-state index contributed by atoms with van der Waals surface area (Å²) >= 11 is 5.81. The molecule has 1 aromatic carbocycles. The Hall–Kier alpha value is -1.19. The molecule has 4 N–H and O–H groups in total. The predicted molar refractivity (Wildman–Crippen MR) is 80.1 cm³/mol. The summed E-state index contributed by atoms with van der Waals surface area (Å²) in [6, 6.07) is 3.71. The number of carbonyl (C=O) groups is 1. The van der Waals surface area contributed by atoms with Crippen molar-refractivity contribution in [3.05, 3.63) is 28.8 Å². The van der Waals surface area contributed by atoms with Crippen LogP contribution >= 0.6 is 11.6 Å². The normalized spacial score (nSPS) is 21.9. The Balaban J connectivity index is 2.09. The second kappa shape index (κ2) is 6.93. The molecule has 2 rings (SSSR count). The number of hydrogen-bond acceptors (Lipinski definition) is 5. The largest absolute Gasteiger partial charge is 0.394 e. The number of nitrogens with one attached hydrogen (secondary N) is 1. The highest BCUT2D eigenvalue weighted by Crippen LogP contribution is 2.21. The van der Waals surface area contributed by atoms with E-state index in [0.29, 0.717) is 12.8 Å². The Morgan fingerprint density at radius 2 is 2.05 bits per heavy atom. The van der Waals surface area contributed by atoms with Crippen molar-refractivity contribution in [1.29, 1.82) is 0 Å². The highest BCUT2D eigenvalue weighted by Gasteiger charge is 2.26. The molecule has 1 aliphatic heterocycles. The molecule has 0 aromatic heterocycles. The van der Waals surface area contributed by atoms with E-state index in [9.17, 15) is 13.2 Å². The minimum absolute atomic E-state index is 0.0188. The molecule has 1 heterocycles. The number of carbonyl (C=O) groups excluding carboxylic acids is 1. The highest BCUT2D eigenvalue weighted by atomic mass is 35.5. The van der Waals surface area contributed by atoms with Crippen LogP contribution in [0.25, 0.3) is 0 Å². The van der Waals surface area contributed by atoms with Crippen LogP contribution in [-0.4, -0.2) is 44.8 Å². The van der Waals surface area contributed by atoms with E-state index in [1.165, 1.54) is 18.2 Å². The molecule has 0 aliphatic carbocycles. The van der Waals surface area contributed by atoms with Crippen LogP contribution in [-0.2, 0) is 14.8 Å². The molecule has 1 aliphatic rings. The van der Waals surface area contributed by atoms with Crippen molar-refractivity contribution in [3.8, 4) is 0 Å². The number of hydrogen-bond donors (Lipinski definition) is 3. The lowest BCUT2D eigenvalue weighted by Crippen LogP contribution is -2.32. The third-order valence-electron chi connectivity index (χ3n) is 3.37.